The van der Waals surface area contributed by atoms with Crippen LogP contribution in [0.5, 0.6) is 0 Å². The number of thiazole rings is 1. The molecule has 344 valence electrons. The SMILES string of the molecule is CC[C@H](C)[C@@H]([C@@H](CC(=O)N1CCC[C@H]1[C@H](OC)[C@@H](C)C(=O)N[C@@H](Cc1ccccc1)c1nccs1)OC)N(C)C(=O)[C@@H](CC(=O)[C@H](C(C)C)N(C)CCOCCNC)C(C)C. The minimum atomic E-state index is -0.600. The van der Waals surface area contributed by atoms with Crippen molar-refractivity contribution in [3.63, 3.8) is 0 Å². The van der Waals surface area contributed by atoms with Crippen LogP contribution in [0.15, 0.2) is 41.9 Å². The van der Waals surface area contributed by atoms with Gasteiger partial charge in [-0.25, -0.2) is 4.98 Å². The van der Waals surface area contributed by atoms with Crippen LogP contribution in [0, 0.1) is 29.6 Å². The highest BCUT2D eigenvalue weighted by Crippen LogP contribution is 2.32. The van der Waals surface area contributed by atoms with Gasteiger partial charge in [-0.05, 0) is 56.7 Å². The molecule has 1 aliphatic heterocycles. The van der Waals surface area contributed by atoms with Crippen molar-refractivity contribution in [2.75, 3.05) is 68.2 Å². The van der Waals surface area contributed by atoms with Gasteiger partial charge >= 0.3 is 0 Å². The smallest absolute Gasteiger partial charge is 0.226 e. The van der Waals surface area contributed by atoms with Crippen LogP contribution < -0.4 is 10.6 Å². The first-order chi connectivity index (χ1) is 29.1. The summed E-state index contributed by atoms with van der Waals surface area (Å²) in [4.78, 5) is 67.2. The number of likely N-dealkylation sites (N-methyl/N-ethyl adjacent to an activating group) is 3. The first-order valence-electron chi connectivity index (χ1n) is 22.4. The Labute approximate surface area is 371 Å². The molecule has 0 spiro atoms. The molecule has 9 atom stereocenters. The number of carbonyl (C=O) groups excluding carboxylic acids is 4. The van der Waals surface area contributed by atoms with E-state index in [0.29, 0.717) is 39.1 Å². The van der Waals surface area contributed by atoms with Crippen molar-refractivity contribution in [3.8, 4) is 0 Å². The van der Waals surface area contributed by atoms with Crippen molar-refractivity contribution < 1.29 is 33.4 Å². The van der Waals surface area contributed by atoms with E-state index in [0.717, 1.165) is 30.0 Å². The average Bonchev–Trinajstić information content (AvgIpc) is 3.96. The molecule has 0 unspecified atom stereocenters. The number of nitrogens with zero attached hydrogens (tertiary/aromatic N) is 4. The van der Waals surface area contributed by atoms with Gasteiger partial charge in [0.05, 0.1) is 61.9 Å². The van der Waals surface area contributed by atoms with Crippen molar-refractivity contribution >= 4 is 34.8 Å². The molecule has 1 aliphatic rings. The zero-order chi connectivity index (χ0) is 45.2. The summed E-state index contributed by atoms with van der Waals surface area (Å²) in [6.45, 7) is 17.1. The number of methoxy groups -OCH3 is 2. The normalized spacial score (nSPS) is 18.4. The number of amides is 3. The van der Waals surface area contributed by atoms with Gasteiger partial charge in [-0.3, -0.25) is 24.1 Å². The van der Waals surface area contributed by atoms with Crippen molar-refractivity contribution in [1.82, 2.24) is 30.3 Å². The van der Waals surface area contributed by atoms with Crippen LogP contribution in [0.25, 0.3) is 0 Å². The minimum absolute atomic E-state index is 0.000786. The van der Waals surface area contributed by atoms with E-state index in [4.69, 9.17) is 14.2 Å². The molecule has 2 heterocycles. The van der Waals surface area contributed by atoms with Gasteiger partial charge in [-0.15, -0.1) is 11.3 Å². The molecular weight excluding hydrogens is 793 g/mol. The van der Waals surface area contributed by atoms with Crippen LogP contribution in [-0.4, -0.2) is 142 Å². The number of ether oxygens (including phenoxy) is 3. The summed E-state index contributed by atoms with van der Waals surface area (Å²) in [5.41, 5.74) is 1.09. The largest absolute Gasteiger partial charge is 0.379 e. The summed E-state index contributed by atoms with van der Waals surface area (Å²) >= 11 is 1.51. The zero-order valence-electron chi connectivity index (χ0n) is 39.2. The third-order valence-corrected chi connectivity index (χ3v) is 13.6. The molecule has 3 amide bonds. The number of benzene rings is 1. The van der Waals surface area contributed by atoms with E-state index in [1.807, 2.05) is 94.2 Å². The van der Waals surface area contributed by atoms with Gasteiger partial charge < -0.3 is 34.6 Å². The summed E-state index contributed by atoms with van der Waals surface area (Å²) in [5.74, 6) is -1.48. The third-order valence-electron chi connectivity index (χ3n) is 12.7. The van der Waals surface area contributed by atoms with Crippen molar-refractivity contribution in [2.45, 2.75) is 123 Å². The highest BCUT2D eigenvalue weighted by Gasteiger charge is 2.43. The molecule has 0 saturated carbocycles. The molecule has 1 aromatic heterocycles. The molecule has 1 saturated heterocycles. The number of Topliss-reactive ketones (excluding diaryl/α,β-unsaturated/α-hetero) is 1. The Kier molecular flexibility index (Phi) is 22.5. The average molecular weight is 871 g/mol. The van der Waals surface area contributed by atoms with E-state index < -0.39 is 30.1 Å². The minimum Gasteiger partial charge on any atom is -0.379 e. The first kappa shape index (κ1) is 52.1. The molecule has 1 aromatic carbocycles. The van der Waals surface area contributed by atoms with Gasteiger partial charge in [0.2, 0.25) is 17.7 Å². The van der Waals surface area contributed by atoms with E-state index in [9.17, 15) is 19.2 Å². The monoisotopic (exact) mass is 871 g/mol. The van der Waals surface area contributed by atoms with E-state index in [2.05, 4.69) is 29.5 Å². The molecule has 0 bridgehead atoms. The molecule has 2 N–H and O–H groups in total. The fourth-order valence-electron chi connectivity index (χ4n) is 9.02. The molecule has 0 radical (unpaired) electrons. The summed E-state index contributed by atoms with van der Waals surface area (Å²) in [6, 6.07) is 8.64. The third kappa shape index (κ3) is 14.9. The fraction of sp³-hybridized carbons (Fsp3) is 0.723. The Morgan fingerprint density at radius 2 is 1.67 bits per heavy atom. The van der Waals surface area contributed by atoms with Crippen LogP contribution in [0.3, 0.4) is 0 Å². The van der Waals surface area contributed by atoms with Crippen molar-refractivity contribution in [2.24, 2.45) is 29.6 Å². The lowest BCUT2D eigenvalue weighted by atomic mass is 9.83. The Balaban J connectivity index is 1.76. The van der Waals surface area contributed by atoms with Crippen LogP contribution in [0.4, 0.5) is 0 Å². The lowest BCUT2D eigenvalue weighted by molar-refractivity contribution is -0.149. The fourth-order valence-corrected chi connectivity index (χ4v) is 9.71. The maximum Gasteiger partial charge on any atom is 0.226 e. The molecule has 14 heteroatoms. The van der Waals surface area contributed by atoms with Gasteiger partial charge in [0, 0.05) is 64.8 Å². The number of carbonyl (C=O) groups is 4. The molecular formula is C47H78N6O7S. The number of likely N-dealkylation sites (tertiary alicyclic amines) is 1. The van der Waals surface area contributed by atoms with Crippen LogP contribution in [-0.2, 0) is 39.8 Å². The van der Waals surface area contributed by atoms with Gasteiger partial charge in [0.1, 0.15) is 5.01 Å². The van der Waals surface area contributed by atoms with E-state index in [-0.39, 0.29) is 72.2 Å². The number of nitrogens with one attached hydrogen (secondary N) is 2. The number of ketones is 1. The molecule has 13 nitrogen and oxygen atoms in total. The second kappa shape index (κ2) is 26.4. The summed E-state index contributed by atoms with van der Waals surface area (Å²) < 4.78 is 17.9. The topological polar surface area (TPSA) is 143 Å². The maximum absolute atomic E-state index is 14.6. The molecule has 61 heavy (non-hydrogen) atoms. The van der Waals surface area contributed by atoms with E-state index in [1.54, 1.807) is 32.4 Å². The zero-order valence-corrected chi connectivity index (χ0v) is 40.0. The molecule has 0 aliphatic carbocycles. The van der Waals surface area contributed by atoms with Gasteiger partial charge in [-0.1, -0.05) is 85.2 Å². The number of hydrogen-bond donors (Lipinski definition) is 2. The summed E-state index contributed by atoms with van der Waals surface area (Å²) in [6.07, 6.45) is 3.63. The lowest BCUT2D eigenvalue weighted by Crippen LogP contribution is -2.54. The van der Waals surface area contributed by atoms with E-state index >= 15 is 0 Å². The number of hydrogen-bond acceptors (Lipinski definition) is 11. The highest BCUT2D eigenvalue weighted by molar-refractivity contribution is 7.09. The first-order valence-corrected chi connectivity index (χ1v) is 23.3. The lowest BCUT2D eigenvalue weighted by Gasteiger charge is -2.41. The Morgan fingerprint density at radius 1 is 0.967 bits per heavy atom. The molecule has 2 aromatic rings. The van der Waals surface area contributed by atoms with Crippen LogP contribution >= 0.6 is 11.3 Å². The second-order valence-electron chi connectivity index (χ2n) is 17.6. The predicted octanol–water partition coefficient (Wildman–Crippen LogP) is 5.89. The Morgan fingerprint density at radius 3 is 2.25 bits per heavy atom. The van der Waals surface area contributed by atoms with Gasteiger partial charge in [0.25, 0.3) is 0 Å². The van der Waals surface area contributed by atoms with Crippen LogP contribution in [0.2, 0.25) is 0 Å². The molecule has 3 rings (SSSR count). The quantitative estimate of drug-likeness (QED) is 0.0996. The number of rotatable bonds is 28. The number of aromatic nitrogens is 1. The van der Waals surface area contributed by atoms with Crippen molar-refractivity contribution in [1.29, 1.82) is 0 Å². The van der Waals surface area contributed by atoms with Crippen molar-refractivity contribution in [3.05, 3.63) is 52.5 Å². The van der Waals surface area contributed by atoms with E-state index in [1.165, 1.54) is 11.3 Å². The Bertz CT molecular complexity index is 1600. The molecule has 1 fully saturated rings. The van der Waals surface area contributed by atoms with Gasteiger partial charge in [0.15, 0.2) is 5.78 Å². The second-order valence-corrected chi connectivity index (χ2v) is 18.5. The summed E-state index contributed by atoms with van der Waals surface area (Å²) in [5, 5.41) is 9.06. The predicted molar refractivity (Wildman–Crippen MR) is 243 cm³/mol. The highest BCUT2D eigenvalue weighted by atomic mass is 32.1. The van der Waals surface area contributed by atoms with Gasteiger partial charge in [-0.2, -0.15) is 0 Å². The van der Waals surface area contributed by atoms with Crippen LogP contribution in [0.1, 0.15) is 97.2 Å². The summed E-state index contributed by atoms with van der Waals surface area (Å²) in [7, 11) is 8.83. The standard InChI is InChI=1S/C47H78N6O7S/c1-13-33(6)43(52(10)47(57)36(31(2)3)29-39(54)42(32(4)5)51(9)24-26-60-25-21-48-8)40(58-11)30-41(55)53-23-17-20-38(53)44(59-12)34(7)45(56)50-37(46-49-22-27-61-46)28-35-18-15-14-16-19-35/h14-16,18-19,22,27,31-34,36-38,40,42-44,48H,13,17,20-21,23-26,28-30H2,1-12H3,(H,50,56)/t33-,34+,36-,37-,38-,40+,42-,43-,44+/m0/s1. The Hall–Kier alpha value is -3.27. The maximum atomic E-state index is 14.6.